The number of hydrogen-bond donors (Lipinski definition) is 2. The Morgan fingerprint density at radius 3 is 2.59 bits per heavy atom. The number of esters is 1. The number of nitrogens with one attached hydrogen (secondary N) is 2. The van der Waals surface area contributed by atoms with Crippen LogP contribution in [0.4, 0.5) is 0 Å². The van der Waals surface area contributed by atoms with Crippen molar-refractivity contribution in [3.8, 4) is 6.07 Å². The zero-order valence-electron chi connectivity index (χ0n) is 16.9. The number of aromatic nitrogens is 1. The van der Waals surface area contributed by atoms with Crippen molar-refractivity contribution in [1.82, 2.24) is 10.3 Å². The number of amides is 1. The lowest BCUT2D eigenvalue weighted by atomic mass is 9.99. The van der Waals surface area contributed by atoms with E-state index >= 15 is 0 Å². The number of carbonyl (C=O) groups is 2. The molecule has 2 rings (SSSR count). The highest BCUT2D eigenvalue weighted by Gasteiger charge is 2.15. The van der Waals surface area contributed by atoms with Gasteiger partial charge in [-0.05, 0) is 42.9 Å². The van der Waals surface area contributed by atoms with Crippen molar-refractivity contribution in [3.63, 3.8) is 0 Å². The maximum atomic E-state index is 12.0. The lowest BCUT2D eigenvalue weighted by Crippen LogP contribution is -2.31. The number of carbonyl (C=O) groups excluding carboxylic acids is 2. The Balaban J connectivity index is 1.80. The van der Waals surface area contributed by atoms with Gasteiger partial charge in [0.15, 0.2) is 6.61 Å². The zero-order chi connectivity index (χ0) is 21.4. The van der Waals surface area contributed by atoms with E-state index in [1.807, 2.05) is 43.3 Å². The first-order valence-corrected chi connectivity index (χ1v) is 9.43. The summed E-state index contributed by atoms with van der Waals surface area (Å²) in [4.78, 5) is 38.3. The zero-order valence-corrected chi connectivity index (χ0v) is 16.9. The number of hydrogen-bond acceptors (Lipinski definition) is 5. The minimum atomic E-state index is -0.514. The number of H-pyrrole nitrogens is 1. The minimum Gasteiger partial charge on any atom is -0.456 e. The standard InChI is InChI=1S/C22H25N3O4/c1-14(17-7-5-4-6-8-17)12-24-20(26)13-29-21(27)10-9-18-15(2)19(11-23)22(28)25-16(18)3/h4-8,14H,9-10,12-13H2,1-3H3,(H,24,26)(H,25,28)/t14-/m1/s1. The van der Waals surface area contributed by atoms with Gasteiger partial charge in [-0.3, -0.25) is 14.4 Å². The molecule has 0 saturated carbocycles. The van der Waals surface area contributed by atoms with Gasteiger partial charge in [-0.1, -0.05) is 37.3 Å². The molecule has 7 heteroatoms. The molecular weight excluding hydrogens is 370 g/mol. The molecule has 2 aromatic rings. The van der Waals surface area contributed by atoms with Gasteiger partial charge in [0.25, 0.3) is 11.5 Å². The maximum Gasteiger partial charge on any atom is 0.306 e. The maximum absolute atomic E-state index is 12.0. The third-order valence-electron chi connectivity index (χ3n) is 4.84. The quantitative estimate of drug-likeness (QED) is 0.666. The van der Waals surface area contributed by atoms with Gasteiger partial charge in [0.1, 0.15) is 11.6 Å². The molecule has 0 aliphatic rings. The van der Waals surface area contributed by atoms with Gasteiger partial charge < -0.3 is 15.0 Å². The molecule has 0 aliphatic heterocycles. The first kappa shape index (κ1) is 21.9. The lowest BCUT2D eigenvalue weighted by molar-refractivity contribution is -0.148. The predicted molar refractivity (Wildman–Crippen MR) is 108 cm³/mol. The van der Waals surface area contributed by atoms with Crippen LogP contribution in [-0.4, -0.2) is 30.0 Å². The number of ether oxygens (including phenoxy) is 1. The molecule has 0 saturated heterocycles. The summed E-state index contributed by atoms with van der Waals surface area (Å²) < 4.78 is 5.04. The monoisotopic (exact) mass is 395 g/mol. The summed E-state index contributed by atoms with van der Waals surface area (Å²) in [5.74, 6) is -0.722. The van der Waals surface area contributed by atoms with Crippen LogP contribution in [0, 0.1) is 25.2 Å². The molecule has 7 nitrogen and oxygen atoms in total. The van der Waals surface area contributed by atoms with E-state index in [0.717, 1.165) is 11.1 Å². The van der Waals surface area contributed by atoms with E-state index in [1.54, 1.807) is 13.8 Å². The number of benzene rings is 1. The van der Waals surface area contributed by atoms with Gasteiger partial charge in [0, 0.05) is 18.7 Å². The number of nitrogens with zero attached hydrogens (tertiary/aromatic N) is 1. The molecule has 0 bridgehead atoms. The summed E-state index contributed by atoms with van der Waals surface area (Å²) in [5, 5.41) is 11.9. The Morgan fingerprint density at radius 1 is 1.24 bits per heavy atom. The van der Waals surface area contributed by atoms with Crippen LogP contribution in [0.2, 0.25) is 0 Å². The summed E-state index contributed by atoms with van der Waals surface area (Å²) in [7, 11) is 0. The molecule has 1 atom stereocenters. The van der Waals surface area contributed by atoms with Crippen LogP contribution in [0.1, 0.15) is 47.2 Å². The third kappa shape index (κ3) is 6.04. The molecule has 0 radical (unpaired) electrons. The van der Waals surface area contributed by atoms with E-state index in [4.69, 9.17) is 10.00 Å². The second-order valence-corrected chi connectivity index (χ2v) is 6.95. The fraction of sp³-hybridized carbons (Fsp3) is 0.364. The average Bonchev–Trinajstić information content (AvgIpc) is 2.71. The largest absolute Gasteiger partial charge is 0.456 e. The Kier molecular flexibility index (Phi) is 7.72. The molecule has 29 heavy (non-hydrogen) atoms. The minimum absolute atomic E-state index is 0.0471. The summed E-state index contributed by atoms with van der Waals surface area (Å²) >= 11 is 0. The Labute approximate surface area is 169 Å². The first-order chi connectivity index (χ1) is 13.8. The first-order valence-electron chi connectivity index (χ1n) is 9.43. The van der Waals surface area contributed by atoms with Gasteiger partial charge in [-0.2, -0.15) is 5.26 Å². The molecule has 152 valence electrons. The smallest absolute Gasteiger partial charge is 0.306 e. The van der Waals surface area contributed by atoms with Crippen molar-refractivity contribution < 1.29 is 14.3 Å². The number of rotatable bonds is 8. The van der Waals surface area contributed by atoms with E-state index in [-0.39, 0.29) is 30.4 Å². The van der Waals surface area contributed by atoms with E-state index < -0.39 is 11.5 Å². The number of pyridine rings is 1. The van der Waals surface area contributed by atoms with Crippen molar-refractivity contribution in [2.45, 2.75) is 39.5 Å². The summed E-state index contributed by atoms with van der Waals surface area (Å²) in [6, 6.07) is 11.7. The van der Waals surface area contributed by atoms with E-state index in [2.05, 4.69) is 10.3 Å². The fourth-order valence-electron chi connectivity index (χ4n) is 3.08. The van der Waals surface area contributed by atoms with Crippen molar-refractivity contribution >= 4 is 11.9 Å². The van der Waals surface area contributed by atoms with Gasteiger partial charge >= 0.3 is 5.97 Å². The van der Waals surface area contributed by atoms with Crippen LogP contribution < -0.4 is 10.9 Å². The topological polar surface area (TPSA) is 112 Å². The number of nitriles is 1. The highest BCUT2D eigenvalue weighted by molar-refractivity contribution is 5.80. The predicted octanol–water partition coefficient (Wildman–Crippen LogP) is 2.26. The molecule has 1 aromatic heterocycles. The number of aryl methyl sites for hydroxylation is 1. The second-order valence-electron chi connectivity index (χ2n) is 6.95. The van der Waals surface area contributed by atoms with E-state index in [1.165, 1.54) is 0 Å². The van der Waals surface area contributed by atoms with Crippen LogP contribution in [-0.2, 0) is 20.7 Å². The summed E-state index contributed by atoms with van der Waals surface area (Å²) in [6.07, 6.45) is 0.362. The molecule has 1 amide bonds. The van der Waals surface area contributed by atoms with Crippen LogP contribution in [0.5, 0.6) is 0 Å². The molecular formula is C22H25N3O4. The Morgan fingerprint density at radius 2 is 1.93 bits per heavy atom. The van der Waals surface area contributed by atoms with Crippen LogP contribution in [0.15, 0.2) is 35.1 Å². The van der Waals surface area contributed by atoms with Crippen LogP contribution >= 0.6 is 0 Å². The average molecular weight is 395 g/mol. The molecule has 2 N–H and O–H groups in total. The lowest BCUT2D eigenvalue weighted by Gasteiger charge is -2.13. The SMILES string of the molecule is Cc1[nH]c(=O)c(C#N)c(C)c1CCC(=O)OCC(=O)NC[C@@H](C)c1ccccc1. The van der Waals surface area contributed by atoms with Crippen molar-refractivity contribution in [1.29, 1.82) is 5.26 Å². The van der Waals surface area contributed by atoms with Gasteiger partial charge in [-0.25, -0.2) is 0 Å². The van der Waals surface area contributed by atoms with Gasteiger partial charge in [-0.15, -0.1) is 0 Å². The normalized spacial score (nSPS) is 11.4. The van der Waals surface area contributed by atoms with Crippen LogP contribution in [0.25, 0.3) is 0 Å². The highest BCUT2D eigenvalue weighted by atomic mass is 16.5. The van der Waals surface area contributed by atoms with Crippen molar-refractivity contribution in [3.05, 3.63) is 68.6 Å². The van der Waals surface area contributed by atoms with Gasteiger partial charge in [0.05, 0.1) is 0 Å². The summed E-state index contributed by atoms with van der Waals surface area (Å²) in [5.41, 5.74) is 2.65. The Hall–Kier alpha value is -3.40. The van der Waals surface area contributed by atoms with E-state index in [0.29, 0.717) is 24.2 Å². The molecule has 0 unspecified atom stereocenters. The summed E-state index contributed by atoms with van der Waals surface area (Å²) in [6.45, 7) is 5.52. The third-order valence-corrected chi connectivity index (χ3v) is 4.84. The van der Waals surface area contributed by atoms with Crippen LogP contribution in [0.3, 0.4) is 0 Å². The number of aromatic amines is 1. The molecule has 0 aliphatic carbocycles. The fourth-order valence-corrected chi connectivity index (χ4v) is 3.08. The highest BCUT2D eigenvalue weighted by Crippen LogP contribution is 2.15. The van der Waals surface area contributed by atoms with Gasteiger partial charge in [0.2, 0.25) is 0 Å². The van der Waals surface area contributed by atoms with Crippen molar-refractivity contribution in [2.24, 2.45) is 0 Å². The molecule has 1 aromatic carbocycles. The molecule has 1 heterocycles. The Bertz CT molecular complexity index is 974. The molecule has 0 fully saturated rings. The molecule has 0 spiro atoms. The second kappa shape index (κ2) is 10.2. The van der Waals surface area contributed by atoms with E-state index in [9.17, 15) is 14.4 Å². The van der Waals surface area contributed by atoms with Crippen molar-refractivity contribution in [2.75, 3.05) is 13.2 Å².